The number of nitrogens with one attached hydrogen (secondary N) is 2. The van der Waals surface area contributed by atoms with Gasteiger partial charge in [-0.1, -0.05) is 48.5 Å². The molecule has 0 saturated heterocycles. The van der Waals surface area contributed by atoms with Gasteiger partial charge in [0.15, 0.2) is 0 Å². The smallest absolute Gasteiger partial charge is 0.407 e. The van der Waals surface area contributed by atoms with Crippen molar-refractivity contribution in [1.82, 2.24) is 10.6 Å². The van der Waals surface area contributed by atoms with E-state index in [2.05, 4.69) is 10.6 Å². The van der Waals surface area contributed by atoms with Crippen molar-refractivity contribution < 1.29 is 29.3 Å². The van der Waals surface area contributed by atoms with Crippen LogP contribution in [0.4, 0.5) is 4.79 Å². The lowest BCUT2D eigenvalue weighted by Crippen LogP contribution is -2.59. The van der Waals surface area contributed by atoms with Crippen LogP contribution in [0.5, 0.6) is 0 Å². The molecular weight excluding hydrogens is 424 g/mol. The van der Waals surface area contributed by atoms with Gasteiger partial charge in [-0.15, -0.1) is 0 Å². The number of ether oxygens (including phenoxy) is 1. The Kier molecular flexibility index (Phi) is 6.65. The first-order chi connectivity index (χ1) is 15.9. The summed E-state index contributed by atoms with van der Waals surface area (Å²) in [6.45, 7) is -0.0145. The molecule has 2 aromatic carbocycles. The number of aliphatic hydroxyl groups is 1. The third kappa shape index (κ3) is 4.85. The second-order valence-electron chi connectivity index (χ2n) is 8.72. The molecule has 174 valence electrons. The highest BCUT2D eigenvalue weighted by atomic mass is 16.5. The summed E-state index contributed by atoms with van der Waals surface area (Å²) in [5.74, 6) is -1.93. The van der Waals surface area contributed by atoms with Crippen LogP contribution < -0.4 is 10.6 Å². The van der Waals surface area contributed by atoms with Gasteiger partial charge < -0.3 is 25.6 Å². The molecule has 2 aliphatic rings. The summed E-state index contributed by atoms with van der Waals surface area (Å²) in [6.07, 6.45) is 1.33. The van der Waals surface area contributed by atoms with E-state index in [4.69, 9.17) is 4.74 Å². The van der Waals surface area contributed by atoms with Crippen molar-refractivity contribution in [3.8, 4) is 11.1 Å². The van der Waals surface area contributed by atoms with Crippen LogP contribution >= 0.6 is 0 Å². The van der Waals surface area contributed by atoms with E-state index in [1.165, 1.54) is 0 Å². The van der Waals surface area contributed by atoms with Crippen molar-refractivity contribution in [3.05, 3.63) is 59.7 Å². The molecule has 2 aliphatic carbocycles. The van der Waals surface area contributed by atoms with Crippen molar-refractivity contribution in [2.45, 2.75) is 49.6 Å². The molecule has 2 amide bonds. The Morgan fingerprint density at radius 2 is 1.64 bits per heavy atom. The number of hydrogen-bond donors (Lipinski definition) is 4. The number of carbonyl (C=O) groups is 3. The minimum atomic E-state index is -1.27. The summed E-state index contributed by atoms with van der Waals surface area (Å²) in [5, 5.41) is 23.8. The lowest BCUT2D eigenvalue weighted by molar-refractivity contribution is -0.140. The summed E-state index contributed by atoms with van der Waals surface area (Å²) in [7, 11) is 0. The first-order valence-electron chi connectivity index (χ1n) is 11.2. The van der Waals surface area contributed by atoms with Crippen molar-refractivity contribution in [2.24, 2.45) is 0 Å². The minimum absolute atomic E-state index is 0.0652. The Balaban J connectivity index is 1.41. The molecule has 8 heteroatoms. The number of amides is 2. The quantitative estimate of drug-likeness (QED) is 0.464. The predicted molar refractivity (Wildman–Crippen MR) is 121 cm³/mol. The molecule has 0 aromatic heterocycles. The zero-order valence-electron chi connectivity index (χ0n) is 18.3. The Morgan fingerprint density at radius 1 is 1.03 bits per heavy atom. The van der Waals surface area contributed by atoms with Gasteiger partial charge in [-0.25, -0.2) is 4.79 Å². The van der Waals surface area contributed by atoms with E-state index in [1.807, 2.05) is 48.5 Å². The van der Waals surface area contributed by atoms with Gasteiger partial charge in [-0.2, -0.15) is 0 Å². The molecule has 0 heterocycles. The summed E-state index contributed by atoms with van der Waals surface area (Å²) in [4.78, 5) is 36.6. The molecule has 1 atom stereocenters. The maximum Gasteiger partial charge on any atom is 0.407 e. The second kappa shape index (κ2) is 9.62. The van der Waals surface area contributed by atoms with Gasteiger partial charge in [0.1, 0.15) is 12.6 Å². The van der Waals surface area contributed by atoms with Gasteiger partial charge in [-0.05, 0) is 47.9 Å². The van der Waals surface area contributed by atoms with Gasteiger partial charge >= 0.3 is 12.1 Å². The van der Waals surface area contributed by atoms with Crippen molar-refractivity contribution in [1.29, 1.82) is 0 Å². The number of hydrogen-bond acceptors (Lipinski definition) is 5. The van der Waals surface area contributed by atoms with E-state index in [0.717, 1.165) is 28.7 Å². The average Bonchev–Trinajstić information content (AvgIpc) is 3.09. The van der Waals surface area contributed by atoms with Crippen molar-refractivity contribution in [2.75, 3.05) is 13.2 Å². The Hall–Kier alpha value is -3.39. The largest absolute Gasteiger partial charge is 0.481 e. The number of carboxylic acid groups (broad SMARTS) is 1. The first kappa shape index (κ1) is 22.8. The molecule has 33 heavy (non-hydrogen) atoms. The Morgan fingerprint density at radius 3 is 2.15 bits per heavy atom. The van der Waals surface area contributed by atoms with Crippen LogP contribution in [0.1, 0.15) is 49.1 Å². The topological polar surface area (TPSA) is 125 Å². The molecule has 8 nitrogen and oxygen atoms in total. The van der Waals surface area contributed by atoms with E-state index < -0.39 is 36.0 Å². The second-order valence-corrected chi connectivity index (χ2v) is 8.72. The summed E-state index contributed by atoms with van der Waals surface area (Å²) < 4.78 is 5.46. The third-order valence-electron chi connectivity index (χ3n) is 6.62. The SMILES string of the molecule is O=C(O)CC(NC(=O)OCC1c2ccccc2-c2ccccc21)C(=O)NC1(CCO)CCC1. The molecule has 1 unspecified atom stereocenters. The molecule has 0 bridgehead atoms. The molecule has 4 rings (SSSR count). The van der Waals surface area contributed by atoms with E-state index in [0.29, 0.717) is 19.3 Å². The summed E-state index contributed by atoms with van der Waals surface area (Å²) in [5.41, 5.74) is 3.77. The van der Waals surface area contributed by atoms with E-state index >= 15 is 0 Å². The van der Waals surface area contributed by atoms with Gasteiger partial charge in [0.2, 0.25) is 5.91 Å². The number of aliphatic carboxylic acids is 1. The fourth-order valence-corrected chi connectivity index (χ4v) is 4.77. The molecule has 0 spiro atoms. The first-order valence-corrected chi connectivity index (χ1v) is 11.2. The highest BCUT2D eigenvalue weighted by Crippen LogP contribution is 2.44. The zero-order chi connectivity index (χ0) is 23.4. The number of aliphatic hydroxyl groups excluding tert-OH is 1. The van der Waals surface area contributed by atoms with Gasteiger partial charge in [0, 0.05) is 18.1 Å². The number of benzene rings is 2. The lowest BCUT2D eigenvalue weighted by Gasteiger charge is -2.43. The fourth-order valence-electron chi connectivity index (χ4n) is 4.77. The van der Waals surface area contributed by atoms with E-state index in [-0.39, 0.29) is 19.1 Å². The summed E-state index contributed by atoms with van der Waals surface area (Å²) >= 11 is 0. The number of carboxylic acids is 1. The predicted octanol–water partition coefficient (Wildman–Crippen LogP) is 2.79. The van der Waals surface area contributed by atoms with Gasteiger partial charge in [0.05, 0.1) is 6.42 Å². The Bertz CT molecular complexity index is 1000. The molecule has 1 saturated carbocycles. The molecule has 0 aliphatic heterocycles. The lowest BCUT2D eigenvalue weighted by atomic mass is 9.74. The van der Waals surface area contributed by atoms with E-state index in [9.17, 15) is 24.6 Å². The highest BCUT2D eigenvalue weighted by molar-refractivity contribution is 5.89. The van der Waals surface area contributed by atoms with Crippen molar-refractivity contribution >= 4 is 18.0 Å². The van der Waals surface area contributed by atoms with Gasteiger partial charge in [-0.3, -0.25) is 9.59 Å². The standard InChI is InChI=1S/C25H28N2O6/c28-13-12-25(10-5-11-25)27-23(31)21(14-22(29)30)26-24(32)33-15-20-18-8-3-1-6-16(18)17-7-2-4-9-19(17)20/h1-4,6-9,20-21,28H,5,10-15H2,(H,26,32)(H,27,31)(H,29,30). The van der Waals surface area contributed by atoms with E-state index in [1.54, 1.807) is 0 Å². The van der Waals surface area contributed by atoms with Crippen LogP contribution in [-0.4, -0.2) is 53.0 Å². The molecule has 0 radical (unpaired) electrons. The van der Waals surface area contributed by atoms with Crippen LogP contribution in [0.3, 0.4) is 0 Å². The highest BCUT2D eigenvalue weighted by Gasteiger charge is 2.40. The number of alkyl carbamates (subject to hydrolysis) is 1. The maximum absolute atomic E-state index is 12.8. The van der Waals surface area contributed by atoms with Crippen LogP contribution in [0.15, 0.2) is 48.5 Å². The molecule has 4 N–H and O–H groups in total. The maximum atomic E-state index is 12.8. The molecule has 2 aromatic rings. The zero-order valence-corrected chi connectivity index (χ0v) is 18.3. The fraction of sp³-hybridized carbons (Fsp3) is 0.400. The number of rotatable bonds is 9. The third-order valence-corrected chi connectivity index (χ3v) is 6.62. The summed E-state index contributed by atoms with van der Waals surface area (Å²) in [6, 6.07) is 14.6. The normalized spacial score (nSPS) is 16.6. The van der Waals surface area contributed by atoms with Crippen molar-refractivity contribution in [3.63, 3.8) is 0 Å². The molecular formula is C25H28N2O6. The minimum Gasteiger partial charge on any atom is -0.481 e. The number of fused-ring (bicyclic) bond motifs is 3. The van der Waals surface area contributed by atoms with Crippen LogP contribution in [0.2, 0.25) is 0 Å². The van der Waals surface area contributed by atoms with Crippen LogP contribution in [-0.2, 0) is 14.3 Å². The average molecular weight is 453 g/mol. The van der Waals surface area contributed by atoms with Crippen LogP contribution in [0, 0.1) is 0 Å². The van der Waals surface area contributed by atoms with Gasteiger partial charge in [0.25, 0.3) is 0 Å². The monoisotopic (exact) mass is 452 g/mol. The molecule has 1 fully saturated rings. The number of carbonyl (C=O) groups excluding carboxylic acids is 2. The van der Waals surface area contributed by atoms with Crippen LogP contribution in [0.25, 0.3) is 11.1 Å². The Labute approximate surface area is 192 Å².